The largest absolute Gasteiger partial charge is 0.478 e. The number of benzene rings is 3. The molecule has 8 heteroatoms. The van der Waals surface area contributed by atoms with E-state index in [0.29, 0.717) is 12.8 Å². The third-order valence-electron chi connectivity index (χ3n) is 6.04. The van der Waals surface area contributed by atoms with Crippen molar-refractivity contribution in [2.75, 3.05) is 17.6 Å². The molecule has 0 heterocycles. The molecule has 3 aromatic carbocycles. The first-order valence-corrected chi connectivity index (χ1v) is 13.7. The smallest absolute Gasteiger partial charge is 0.335 e. The zero-order valence-corrected chi connectivity index (χ0v) is 20.9. The first-order valence-electron chi connectivity index (χ1n) is 12.1. The van der Waals surface area contributed by atoms with Crippen LogP contribution in [0.5, 0.6) is 0 Å². The molecule has 0 aliphatic rings. The van der Waals surface area contributed by atoms with Gasteiger partial charge in [-0.05, 0) is 67.1 Å². The van der Waals surface area contributed by atoms with Crippen molar-refractivity contribution in [3.8, 4) is 0 Å². The summed E-state index contributed by atoms with van der Waals surface area (Å²) < 4.78 is 52.1. The first kappa shape index (κ1) is 27.3. The first-order chi connectivity index (χ1) is 17.3. The SMILES string of the molecule is O=C(O)c1ccc(CCc2ccccc2NCCCCCCCS(=O)(=O)c2c(F)cccc2F)cc1. The van der Waals surface area contributed by atoms with E-state index in [2.05, 4.69) is 11.4 Å². The van der Waals surface area contributed by atoms with Crippen molar-refractivity contribution >= 4 is 21.5 Å². The lowest BCUT2D eigenvalue weighted by atomic mass is 10.0. The van der Waals surface area contributed by atoms with Gasteiger partial charge in [0, 0.05) is 12.2 Å². The highest BCUT2D eigenvalue weighted by atomic mass is 32.2. The van der Waals surface area contributed by atoms with E-state index in [0.717, 1.165) is 68.1 Å². The van der Waals surface area contributed by atoms with Gasteiger partial charge in [0.15, 0.2) is 9.84 Å². The Kier molecular flexibility index (Phi) is 9.99. The Balaban J connectivity index is 1.36. The van der Waals surface area contributed by atoms with Crippen molar-refractivity contribution in [1.29, 1.82) is 0 Å². The van der Waals surface area contributed by atoms with Crippen molar-refractivity contribution in [2.45, 2.75) is 49.8 Å². The number of carbonyl (C=O) groups is 1. The van der Waals surface area contributed by atoms with Gasteiger partial charge in [0.25, 0.3) is 0 Å². The maximum Gasteiger partial charge on any atom is 0.335 e. The number of carboxylic acid groups (broad SMARTS) is 1. The number of para-hydroxylation sites is 1. The molecule has 0 aromatic heterocycles. The molecular formula is C28H31F2NO4S. The van der Waals surface area contributed by atoms with Crippen LogP contribution in [0.2, 0.25) is 0 Å². The van der Waals surface area contributed by atoms with Gasteiger partial charge < -0.3 is 10.4 Å². The summed E-state index contributed by atoms with van der Waals surface area (Å²) in [6, 6.07) is 18.1. The molecule has 0 saturated carbocycles. The maximum atomic E-state index is 13.8. The normalized spacial score (nSPS) is 11.4. The van der Waals surface area contributed by atoms with E-state index in [1.165, 1.54) is 5.56 Å². The fourth-order valence-electron chi connectivity index (χ4n) is 4.06. The Morgan fingerprint density at radius 3 is 2.11 bits per heavy atom. The zero-order valence-electron chi connectivity index (χ0n) is 20.1. The molecule has 0 spiro atoms. The molecule has 3 aromatic rings. The van der Waals surface area contributed by atoms with Crippen LogP contribution in [0.1, 0.15) is 53.6 Å². The summed E-state index contributed by atoms with van der Waals surface area (Å²) in [5.41, 5.74) is 3.61. The molecule has 36 heavy (non-hydrogen) atoms. The van der Waals surface area contributed by atoms with Crippen LogP contribution in [0.3, 0.4) is 0 Å². The third-order valence-corrected chi connectivity index (χ3v) is 7.87. The third kappa shape index (κ3) is 7.88. The number of halogens is 2. The van der Waals surface area contributed by atoms with Gasteiger partial charge in [-0.15, -0.1) is 0 Å². The number of hydrogen-bond acceptors (Lipinski definition) is 4. The van der Waals surface area contributed by atoms with Gasteiger partial charge in [0.05, 0.1) is 11.3 Å². The second kappa shape index (κ2) is 13.2. The van der Waals surface area contributed by atoms with Crippen LogP contribution in [0.25, 0.3) is 0 Å². The summed E-state index contributed by atoms with van der Waals surface area (Å²) in [5.74, 6) is -3.29. The van der Waals surface area contributed by atoms with Gasteiger partial charge in [0.1, 0.15) is 16.5 Å². The van der Waals surface area contributed by atoms with E-state index in [9.17, 15) is 22.0 Å². The van der Waals surface area contributed by atoms with Crippen LogP contribution in [-0.2, 0) is 22.7 Å². The monoisotopic (exact) mass is 515 g/mol. The minimum absolute atomic E-state index is 0.268. The summed E-state index contributed by atoms with van der Waals surface area (Å²) in [7, 11) is -3.98. The lowest BCUT2D eigenvalue weighted by Gasteiger charge is -2.12. The Hall–Kier alpha value is -3.26. The van der Waals surface area contributed by atoms with Crippen molar-refractivity contribution in [2.24, 2.45) is 0 Å². The minimum Gasteiger partial charge on any atom is -0.478 e. The predicted octanol–water partition coefficient (Wildman–Crippen LogP) is 6.28. The van der Waals surface area contributed by atoms with E-state index in [1.807, 2.05) is 30.3 Å². The van der Waals surface area contributed by atoms with E-state index in [4.69, 9.17) is 5.11 Å². The van der Waals surface area contributed by atoms with Crippen molar-refractivity contribution in [3.63, 3.8) is 0 Å². The quantitative estimate of drug-likeness (QED) is 0.247. The van der Waals surface area contributed by atoms with Gasteiger partial charge in [-0.1, -0.05) is 55.7 Å². The Labute approximate surface area is 211 Å². The lowest BCUT2D eigenvalue weighted by molar-refractivity contribution is 0.0697. The minimum atomic E-state index is -3.98. The van der Waals surface area contributed by atoms with Crippen LogP contribution >= 0.6 is 0 Å². The standard InChI is InChI=1S/C28H31F2NO4S/c29-24-10-8-11-25(30)27(24)36(34,35)20-7-3-1-2-6-19-31-26-12-5-4-9-22(26)16-13-21-14-17-23(18-15-21)28(32)33/h4-5,8-12,14-15,17-18,31H,1-3,6-7,13,16,19-20H2,(H,32,33). The number of carboxylic acids is 1. The highest BCUT2D eigenvalue weighted by Gasteiger charge is 2.23. The van der Waals surface area contributed by atoms with Crippen LogP contribution in [-0.4, -0.2) is 31.8 Å². The second-order valence-electron chi connectivity index (χ2n) is 8.72. The second-order valence-corrected chi connectivity index (χ2v) is 10.8. The number of aromatic carboxylic acids is 1. The zero-order chi connectivity index (χ0) is 26.0. The van der Waals surface area contributed by atoms with Gasteiger partial charge in [-0.3, -0.25) is 0 Å². The molecule has 192 valence electrons. The highest BCUT2D eigenvalue weighted by molar-refractivity contribution is 7.91. The predicted molar refractivity (Wildman–Crippen MR) is 137 cm³/mol. The van der Waals surface area contributed by atoms with Crippen molar-refractivity contribution in [3.05, 3.63) is 95.1 Å². The lowest BCUT2D eigenvalue weighted by Crippen LogP contribution is -2.11. The van der Waals surface area contributed by atoms with Crippen molar-refractivity contribution in [1.82, 2.24) is 0 Å². The Bertz CT molecular complexity index is 1240. The summed E-state index contributed by atoms with van der Waals surface area (Å²) in [4.78, 5) is 10.2. The van der Waals surface area contributed by atoms with Crippen LogP contribution in [0.4, 0.5) is 14.5 Å². The number of aryl methyl sites for hydroxylation is 2. The van der Waals surface area contributed by atoms with Gasteiger partial charge in [0.2, 0.25) is 0 Å². The van der Waals surface area contributed by atoms with E-state index >= 15 is 0 Å². The summed E-state index contributed by atoms with van der Waals surface area (Å²) in [6.45, 7) is 0.781. The summed E-state index contributed by atoms with van der Waals surface area (Å²) in [5, 5.41) is 12.5. The van der Waals surface area contributed by atoms with Gasteiger partial charge in [-0.25, -0.2) is 22.0 Å². The average Bonchev–Trinajstić information content (AvgIpc) is 2.85. The molecule has 0 fully saturated rings. The summed E-state index contributed by atoms with van der Waals surface area (Å²) >= 11 is 0. The summed E-state index contributed by atoms with van der Waals surface area (Å²) in [6.07, 6.45) is 5.33. The number of rotatable bonds is 14. The fraction of sp³-hybridized carbons (Fsp3) is 0.321. The Morgan fingerprint density at radius 1 is 0.778 bits per heavy atom. The van der Waals surface area contributed by atoms with Crippen LogP contribution < -0.4 is 5.32 Å². The average molecular weight is 516 g/mol. The van der Waals surface area contributed by atoms with Gasteiger partial charge >= 0.3 is 5.97 Å². The van der Waals surface area contributed by atoms with Gasteiger partial charge in [-0.2, -0.15) is 0 Å². The maximum absolute atomic E-state index is 13.8. The molecule has 3 rings (SSSR count). The molecule has 0 saturated heterocycles. The number of hydrogen-bond donors (Lipinski definition) is 2. The highest BCUT2D eigenvalue weighted by Crippen LogP contribution is 2.21. The Morgan fingerprint density at radius 2 is 1.42 bits per heavy atom. The molecule has 0 amide bonds. The molecule has 0 bridgehead atoms. The number of nitrogens with one attached hydrogen (secondary N) is 1. The van der Waals surface area contributed by atoms with E-state index in [-0.39, 0.29) is 11.3 Å². The molecule has 5 nitrogen and oxygen atoms in total. The number of sulfone groups is 1. The van der Waals surface area contributed by atoms with E-state index in [1.54, 1.807) is 12.1 Å². The molecule has 0 unspecified atom stereocenters. The van der Waals surface area contributed by atoms with Crippen LogP contribution in [0.15, 0.2) is 71.6 Å². The number of unbranched alkanes of at least 4 members (excludes halogenated alkanes) is 4. The molecular weight excluding hydrogens is 484 g/mol. The number of anilines is 1. The van der Waals surface area contributed by atoms with E-state index < -0.39 is 32.3 Å². The van der Waals surface area contributed by atoms with Crippen LogP contribution in [0, 0.1) is 11.6 Å². The van der Waals surface area contributed by atoms with Crippen molar-refractivity contribution < 1.29 is 27.1 Å². The fourth-order valence-corrected chi connectivity index (χ4v) is 5.57. The molecule has 0 atom stereocenters. The molecule has 0 aliphatic heterocycles. The molecule has 0 radical (unpaired) electrons. The molecule has 0 aliphatic carbocycles. The topological polar surface area (TPSA) is 83.5 Å². The molecule has 2 N–H and O–H groups in total.